The van der Waals surface area contributed by atoms with Crippen molar-refractivity contribution in [1.29, 1.82) is 0 Å². The van der Waals surface area contributed by atoms with Gasteiger partial charge in [0, 0.05) is 24.9 Å². The number of nitrogens with one attached hydrogen (secondary N) is 1. The fourth-order valence-electron chi connectivity index (χ4n) is 1.87. The number of hydrogen-bond acceptors (Lipinski definition) is 3. The van der Waals surface area contributed by atoms with E-state index in [-0.39, 0.29) is 17.7 Å². The van der Waals surface area contributed by atoms with Crippen LogP contribution in [0, 0.1) is 12.3 Å². The highest BCUT2D eigenvalue weighted by atomic mass is 35.5. The van der Waals surface area contributed by atoms with E-state index in [1.165, 1.54) is 6.20 Å². The van der Waals surface area contributed by atoms with Gasteiger partial charge in [0.25, 0.3) is 5.91 Å². The molecule has 0 saturated carbocycles. The maximum atomic E-state index is 12.0. The zero-order valence-corrected chi connectivity index (χ0v) is 13.3. The van der Waals surface area contributed by atoms with E-state index in [2.05, 4.69) is 10.3 Å². The van der Waals surface area contributed by atoms with Crippen LogP contribution < -0.4 is 5.32 Å². The summed E-state index contributed by atoms with van der Waals surface area (Å²) in [5.74, 6) is -1.06. The van der Waals surface area contributed by atoms with Crippen LogP contribution in [0.4, 0.5) is 0 Å². The van der Waals surface area contributed by atoms with Crippen molar-refractivity contribution in [3.63, 3.8) is 0 Å². The molecule has 0 aromatic carbocycles. The number of hydrogen-bond donors (Lipinski definition) is 2. The van der Waals surface area contributed by atoms with Gasteiger partial charge in [-0.25, -0.2) is 0 Å². The zero-order valence-electron chi connectivity index (χ0n) is 12.6. The van der Waals surface area contributed by atoms with E-state index in [0.717, 1.165) is 5.69 Å². The minimum absolute atomic E-state index is 0.134. The molecular formula is C15H21ClN2O3. The Labute approximate surface area is 129 Å². The zero-order chi connectivity index (χ0) is 16.0. The van der Waals surface area contributed by atoms with E-state index < -0.39 is 5.97 Å². The Kier molecular flexibility index (Phi) is 6.15. The second-order valence-electron chi connectivity index (χ2n) is 5.87. The van der Waals surface area contributed by atoms with Crippen molar-refractivity contribution in [3.8, 4) is 0 Å². The first-order valence-electron chi connectivity index (χ1n) is 6.83. The topological polar surface area (TPSA) is 79.3 Å². The average Bonchev–Trinajstić information content (AvgIpc) is 2.36. The van der Waals surface area contributed by atoms with E-state index in [1.54, 1.807) is 13.0 Å². The lowest BCUT2D eigenvalue weighted by atomic mass is 9.84. The number of amides is 1. The number of halogens is 1. The fourth-order valence-corrected chi connectivity index (χ4v) is 2.17. The van der Waals surface area contributed by atoms with Gasteiger partial charge in [-0.2, -0.15) is 0 Å². The number of aryl methyl sites for hydroxylation is 1. The lowest BCUT2D eigenvalue weighted by Crippen LogP contribution is -2.28. The highest BCUT2D eigenvalue weighted by molar-refractivity contribution is 6.33. The molecule has 0 fully saturated rings. The summed E-state index contributed by atoms with van der Waals surface area (Å²) in [5.41, 5.74) is 0.970. The van der Waals surface area contributed by atoms with Crippen LogP contribution in [0.5, 0.6) is 0 Å². The molecule has 0 atom stereocenters. The highest BCUT2D eigenvalue weighted by Crippen LogP contribution is 2.26. The van der Waals surface area contributed by atoms with Gasteiger partial charge in [-0.1, -0.05) is 25.4 Å². The van der Waals surface area contributed by atoms with Crippen molar-refractivity contribution >= 4 is 23.5 Å². The fraction of sp³-hybridized carbons (Fsp3) is 0.533. The molecule has 1 aromatic rings. The number of pyridine rings is 1. The summed E-state index contributed by atoms with van der Waals surface area (Å²) in [6.45, 7) is 6.25. The molecule has 0 bridgehead atoms. The van der Waals surface area contributed by atoms with Crippen molar-refractivity contribution in [3.05, 3.63) is 28.5 Å². The number of carbonyl (C=O) groups is 2. The van der Waals surface area contributed by atoms with E-state index in [0.29, 0.717) is 30.0 Å². The summed E-state index contributed by atoms with van der Waals surface area (Å²) in [5, 5.41) is 11.9. The Morgan fingerprint density at radius 2 is 2.05 bits per heavy atom. The molecule has 0 aliphatic rings. The van der Waals surface area contributed by atoms with Gasteiger partial charge < -0.3 is 10.4 Å². The molecule has 0 unspecified atom stereocenters. The SMILES string of the molecule is Cc1cc(Cl)c(C(=O)NCCC(C)(C)CCC(=O)O)cn1. The van der Waals surface area contributed by atoms with Crippen molar-refractivity contribution in [2.75, 3.05) is 6.54 Å². The summed E-state index contributed by atoms with van der Waals surface area (Å²) in [4.78, 5) is 26.6. The second kappa shape index (κ2) is 7.41. The van der Waals surface area contributed by atoms with Crippen LogP contribution in [-0.4, -0.2) is 28.5 Å². The number of carboxylic acids is 1. The molecule has 0 saturated heterocycles. The highest BCUT2D eigenvalue weighted by Gasteiger charge is 2.19. The van der Waals surface area contributed by atoms with Gasteiger partial charge in [0.15, 0.2) is 0 Å². The number of nitrogens with zero attached hydrogens (tertiary/aromatic N) is 1. The summed E-state index contributed by atoms with van der Waals surface area (Å²) >= 11 is 6.01. The molecule has 1 amide bonds. The van der Waals surface area contributed by atoms with Crippen LogP contribution in [0.15, 0.2) is 12.3 Å². The van der Waals surface area contributed by atoms with Crippen molar-refractivity contribution in [2.24, 2.45) is 5.41 Å². The van der Waals surface area contributed by atoms with Crippen LogP contribution in [0.25, 0.3) is 0 Å². The first-order valence-corrected chi connectivity index (χ1v) is 7.21. The minimum atomic E-state index is -0.801. The Balaban J connectivity index is 2.48. The van der Waals surface area contributed by atoms with Crippen molar-refractivity contribution in [2.45, 2.75) is 40.0 Å². The first kappa shape index (κ1) is 17.4. The van der Waals surface area contributed by atoms with Gasteiger partial charge >= 0.3 is 5.97 Å². The first-order chi connectivity index (χ1) is 9.71. The molecule has 0 spiro atoms. The smallest absolute Gasteiger partial charge is 0.303 e. The lowest BCUT2D eigenvalue weighted by molar-refractivity contribution is -0.137. The molecule has 1 heterocycles. The van der Waals surface area contributed by atoms with Gasteiger partial charge in [0.1, 0.15) is 0 Å². The van der Waals surface area contributed by atoms with Gasteiger partial charge in [-0.05, 0) is 31.2 Å². The predicted molar refractivity (Wildman–Crippen MR) is 81.6 cm³/mol. The third-order valence-corrected chi connectivity index (χ3v) is 3.65. The normalized spacial score (nSPS) is 11.2. The van der Waals surface area contributed by atoms with E-state index >= 15 is 0 Å². The van der Waals surface area contributed by atoms with Crippen LogP contribution in [0.2, 0.25) is 5.02 Å². The van der Waals surface area contributed by atoms with Crippen LogP contribution in [0.1, 0.15) is 49.2 Å². The van der Waals surface area contributed by atoms with Crippen LogP contribution in [0.3, 0.4) is 0 Å². The van der Waals surface area contributed by atoms with Crippen molar-refractivity contribution in [1.82, 2.24) is 10.3 Å². The summed E-state index contributed by atoms with van der Waals surface area (Å²) < 4.78 is 0. The van der Waals surface area contributed by atoms with Gasteiger partial charge in [-0.3, -0.25) is 14.6 Å². The minimum Gasteiger partial charge on any atom is -0.481 e. The second-order valence-corrected chi connectivity index (χ2v) is 6.28. The quantitative estimate of drug-likeness (QED) is 0.811. The number of rotatable bonds is 7. The Hall–Kier alpha value is -1.62. The average molecular weight is 313 g/mol. The van der Waals surface area contributed by atoms with Gasteiger partial charge in [-0.15, -0.1) is 0 Å². The largest absolute Gasteiger partial charge is 0.481 e. The number of carbonyl (C=O) groups excluding carboxylic acids is 1. The monoisotopic (exact) mass is 312 g/mol. The summed E-state index contributed by atoms with van der Waals surface area (Å²) in [6, 6.07) is 1.65. The molecular weight excluding hydrogens is 292 g/mol. The standard InChI is InChI=1S/C15H21ClN2O3/c1-10-8-12(16)11(9-18-10)14(21)17-7-6-15(2,3)5-4-13(19)20/h8-9H,4-7H2,1-3H3,(H,17,21)(H,19,20). The third kappa shape index (κ3) is 6.12. The van der Waals surface area contributed by atoms with E-state index in [1.807, 2.05) is 13.8 Å². The maximum Gasteiger partial charge on any atom is 0.303 e. The number of carboxylic acid groups (broad SMARTS) is 1. The van der Waals surface area contributed by atoms with Crippen molar-refractivity contribution < 1.29 is 14.7 Å². The molecule has 1 rings (SSSR count). The summed E-state index contributed by atoms with van der Waals surface area (Å²) in [6.07, 6.45) is 2.87. The number of aromatic nitrogens is 1. The third-order valence-electron chi connectivity index (χ3n) is 3.34. The Morgan fingerprint density at radius 1 is 1.38 bits per heavy atom. The van der Waals surface area contributed by atoms with Crippen LogP contribution in [-0.2, 0) is 4.79 Å². The number of aliphatic carboxylic acids is 1. The summed E-state index contributed by atoms with van der Waals surface area (Å²) in [7, 11) is 0. The van der Waals surface area contributed by atoms with E-state index in [4.69, 9.17) is 16.7 Å². The Bertz CT molecular complexity index is 530. The Morgan fingerprint density at radius 3 is 2.62 bits per heavy atom. The van der Waals surface area contributed by atoms with E-state index in [9.17, 15) is 9.59 Å². The molecule has 2 N–H and O–H groups in total. The molecule has 5 nitrogen and oxygen atoms in total. The molecule has 21 heavy (non-hydrogen) atoms. The molecule has 0 radical (unpaired) electrons. The molecule has 0 aliphatic heterocycles. The van der Waals surface area contributed by atoms with Gasteiger partial charge in [0.05, 0.1) is 10.6 Å². The maximum absolute atomic E-state index is 12.0. The molecule has 116 valence electrons. The molecule has 6 heteroatoms. The van der Waals surface area contributed by atoms with Gasteiger partial charge in [0.2, 0.25) is 0 Å². The molecule has 0 aliphatic carbocycles. The van der Waals surface area contributed by atoms with Crippen LogP contribution >= 0.6 is 11.6 Å². The molecule has 1 aromatic heterocycles. The lowest BCUT2D eigenvalue weighted by Gasteiger charge is -2.23. The predicted octanol–water partition coefficient (Wildman–Crippen LogP) is 3.05.